The van der Waals surface area contributed by atoms with E-state index < -0.39 is 0 Å². The maximum Gasteiger partial charge on any atom is 0.159 e. The molecule has 2 N–H and O–H groups in total. The number of nitrogens with one attached hydrogen (secondary N) is 2. The first-order chi connectivity index (χ1) is 16.1. The lowest BCUT2D eigenvalue weighted by Gasteiger charge is -2.35. The quantitative estimate of drug-likeness (QED) is 0.563. The van der Waals surface area contributed by atoms with Gasteiger partial charge in [0.2, 0.25) is 0 Å². The zero-order valence-corrected chi connectivity index (χ0v) is 20.4. The van der Waals surface area contributed by atoms with Crippen molar-refractivity contribution in [3.05, 3.63) is 35.5 Å². The number of piperidine rings is 1. The van der Waals surface area contributed by atoms with E-state index in [0.717, 1.165) is 93.4 Å². The number of H-pyrrole nitrogens is 1. The van der Waals surface area contributed by atoms with Gasteiger partial charge in [-0.2, -0.15) is 0 Å². The summed E-state index contributed by atoms with van der Waals surface area (Å²) in [6.45, 7) is 13.3. The normalized spacial score (nSPS) is 18.8. The molecule has 4 heterocycles. The molecule has 5 rings (SSSR count). The Hall–Kier alpha value is -2.35. The standard InChI is InChI=1S/C25H34ClN7/c1-3-31-11-9-19(10-12-31)28-22-21(26)17-27-25-23(22)29-24(30-25)18-5-7-20(8-6-18)33-15-13-32(4-2)14-16-33/h5-8,17,19H,3-4,9-16H2,1-2H3,(H2,27,28,29,30). The van der Waals surface area contributed by atoms with Gasteiger partial charge in [-0.05, 0) is 50.2 Å². The smallest absolute Gasteiger partial charge is 0.159 e. The molecule has 2 fully saturated rings. The molecule has 2 aromatic heterocycles. The van der Waals surface area contributed by atoms with E-state index in [0.29, 0.717) is 11.1 Å². The van der Waals surface area contributed by atoms with Crippen LogP contribution in [0.5, 0.6) is 0 Å². The van der Waals surface area contributed by atoms with E-state index >= 15 is 0 Å². The van der Waals surface area contributed by atoms with Crippen LogP contribution in [0.15, 0.2) is 30.5 Å². The van der Waals surface area contributed by atoms with Crippen LogP contribution < -0.4 is 10.2 Å². The van der Waals surface area contributed by atoms with E-state index in [9.17, 15) is 0 Å². The van der Waals surface area contributed by atoms with Crippen LogP contribution in [0.25, 0.3) is 22.6 Å². The maximum atomic E-state index is 6.56. The number of nitrogens with zero attached hydrogens (tertiary/aromatic N) is 5. The number of fused-ring (bicyclic) bond motifs is 1. The molecule has 33 heavy (non-hydrogen) atoms. The summed E-state index contributed by atoms with van der Waals surface area (Å²) in [6.07, 6.45) is 3.94. The van der Waals surface area contributed by atoms with E-state index in [4.69, 9.17) is 16.6 Å². The molecular formula is C25H34ClN7. The summed E-state index contributed by atoms with van der Waals surface area (Å²) in [7, 11) is 0. The number of anilines is 2. The van der Waals surface area contributed by atoms with Crippen LogP contribution >= 0.6 is 11.6 Å². The maximum absolute atomic E-state index is 6.56. The Morgan fingerprint density at radius 1 is 0.970 bits per heavy atom. The van der Waals surface area contributed by atoms with E-state index in [-0.39, 0.29) is 0 Å². The van der Waals surface area contributed by atoms with E-state index in [1.807, 2.05) is 0 Å². The molecule has 176 valence electrons. The highest BCUT2D eigenvalue weighted by atomic mass is 35.5. The topological polar surface area (TPSA) is 63.3 Å². The number of aromatic nitrogens is 3. The average molecular weight is 468 g/mol. The second-order valence-corrected chi connectivity index (χ2v) is 9.49. The van der Waals surface area contributed by atoms with Crippen LogP contribution in [0.3, 0.4) is 0 Å². The molecule has 0 unspecified atom stereocenters. The van der Waals surface area contributed by atoms with Gasteiger partial charge in [0, 0.05) is 56.6 Å². The Bertz CT molecular complexity index is 1060. The molecule has 7 nitrogen and oxygen atoms in total. The fraction of sp³-hybridized carbons (Fsp3) is 0.520. The summed E-state index contributed by atoms with van der Waals surface area (Å²) in [5.74, 6) is 0.825. The lowest BCUT2D eigenvalue weighted by Crippen LogP contribution is -2.46. The Kier molecular flexibility index (Phi) is 6.71. The van der Waals surface area contributed by atoms with E-state index in [2.05, 4.69) is 68.1 Å². The molecule has 2 aliphatic rings. The van der Waals surface area contributed by atoms with Crippen molar-refractivity contribution >= 4 is 34.1 Å². The third kappa shape index (κ3) is 4.81. The molecule has 2 saturated heterocycles. The van der Waals surface area contributed by atoms with Crippen molar-refractivity contribution in [3.8, 4) is 11.4 Å². The molecule has 0 spiro atoms. The van der Waals surface area contributed by atoms with Gasteiger partial charge < -0.3 is 25.0 Å². The monoisotopic (exact) mass is 467 g/mol. The Morgan fingerprint density at radius 3 is 2.30 bits per heavy atom. The van der Waals surface area contributed by atoms with Gasteiger partial charge in [-0.25, -0.2) is 9.97 Å². The number of piperazine rings is 1. The van der Waals surface area contributed by atoms with Crippen molar-refractivity contribution in [3.63, 3.8) is 0 Å². The second kappa shape index (κ2) is 9.87. The Labute approximate surface area is 201 Å². The summed E-state index contributed by atoms with van der Waals surface area (Å²) in [6, 6.07) is 9.10. The number of aromatic amines is 1. The van der Waals surface area contributed by atoms with Crippen molar-refractivity contribution in [2.24, 2.45) is 0 Å². The third-order valence-corrected chi connectivity index (χ3v) is 7.46. The van der Waals surface area contributed by atoms with Crippen LogP contribution in [0.4, 0.5) is 11.4 Å². The molecular weight excluding hydrogens is 434 g/mol. The molecule has 0 atom stereocenters. The van der Waals surface area contributed by atoms with Gasteiger partial charge in [0.25, 0.3) is 0 Å². The summed E-state index contributed by atoms with van der Waals surface area (Å²) in [4.78, 5) is 20.2. The fourth-order valence-corrected chi connectivity index (χ4v) is 5.15. The van der Waals surface area contributed by atoms with Gasteiger partial charge in [0.15, 0.2) is 5.65 Å². The zero-order chi connectivity index (χ0) is 22.8. The highest BCUT2D eigenvalue weighted by molar-refractivity contribution is 6.34. The molecule has 3 aromatic rings. The summed E-state index contributed by atoms with van der Waals surface area (Å²) in [5, 5.41) is 4.30. The number of halogens is 1. The first kappa shape index (κ1) is 22.4. The highest BCUT2D eigenvalue weighted by Crippen LogP contribution is 2.32. The lowest BCUT2D eigenvalue weighted by atomic mass is 10.0. The summed E-state index contributed by atoms with van der Waals surface area (Å²) < 4.78 is 0. The second-order valence-electron chi connectivity index (χ2n) is 9.08. The fourth-order valence-electron chi connectivity index (χ4n) is 4.95. The molecule has 8 heteroatoms. The molecule has 0 bridgehead atoms. The van der Waals surface area contributed by atoms with Crippen LogP contribution in [-0.2, 0) is 0 Å². The van der Waals surface area contributed by atoms with Gasteiger partial charge in [0.1, 0.15) is 11.3 Å². The molecule has 0 saturated carbocycles. The van der Waals surface area contributed by atoms with Gasteiger partial charge in [-0.3, -0.25) is 0 Å². The average Bonchev–Trinajstić information content (AvgIpc) is 3.31. The van der Waals surface area contributed by atoms with Crippen molar-refractivity contribution < 1.29 is 0 Å². The molecule has 2 aliphatic heterocycles. The van der Waals surface area contributed by atoms with Crippen LogP contribution in [0.1, 0.15) is 26.7 Å². The minimum atomic E-state index is 0.406. The summed E-state index contributed by atoms with van der Waals surface area (Å²) >= 11 is 6.56. The Balaban J connectivity index is 1.34. The minimum absolute atomic E-state index is 0.406. The third-order valence-electron chi connectivity index (χ3n) is 7.18. The largest absolute Gasteiger partial charge is 0.379 e. The first-order valence-corrected chi connectivity index (χ1v) is 12.6. The predicted octanol–water partition coefficient (Wildman–Crippen LogP) is 4.32. The molecule has 0 aliphatic carbocycles. The van der Waals surface area contributed by atoms with E-state index in [1.54, 1.807) is 6.20 Å². The van der Waals surface area contributed by atoms with Gasteiger partial charge >= 0.3 is 0 Å². The zero-order valence-electron chi connectivity index (χ0n) is 19.6. The summed E-state index contributed by atoms with van der Waals surface area (Å²) in [5.41, 5.74) is 4.80. The van der Waals surface area contributed by atoms with Crippen molar-refractivity contribution in [2.45, 2.75) is 32.7 Å². The van der Waals surface area contributed by atoms with Crippen LogP contribution in [0.2, 0.25) is 5.02 Å². The van der Waals surface area contributed by atoms with Crippen molar-refractivity contribution in [1.82, 2.24) is 24.8 Å². The molecule has 0 amide bonds. The number of rotatable bonds is 6. The van der Waals surface area contributed by atoms with Gasteiger partial charge in [-0.15, -0.1) is 0 Å². The number of benzene rings is 1. The minimum Gasteiger partial charge on any atom is -0.379 e. The number of likely N-dealkylation sites (tertiary alicyclic amines) is 1. The molecule has 1 aromatic carbocycles. The predicted molar refractivity (Wildman–Crippen MR) is 137 cm³/mol. The number of hydrogen-bond donors (Lipinski definition) is 2. The van der Waals surface area contributed by atoms with Crippen LogP contribution in [-0.4, -0.2) is 83.2 Å². The van der Waals surface area contributed by atoms with Crippen molar-refractivity contribution in [1.29, 1.82) is 0 Å². The molecule has 0 radical (unpaired) electrons. The van der Waals surface area contributed by atoms with Gasteiger partial charge in [0.05, 0.1) is 16.9 Å². The first-order valence-electron chi connectivity index (χ1n) is 12.3. The van der Waals surface area contributed by atoms with Gasteiger partial charge in [-0.1, -0.05) is 25.4 Å². The van der Waals surface area contributed by atoms with Crippen molar-refractivity contribution in [2.75, 3.05) is 62.6 Å². The number of likely N-dealkylation sites (N-methyl/N-ethyl adjacent to an activating group) is 1. The van der Waals surface area contributed by atoms with E-state index in [1.165, 1.54) is 5.69 Å². The number of hydrogen-bond acceptors (Lipinski definition) is 6. The highest BCUT2D eigenvalue weighted by Gasteiger charge is 2.21. The number of imidazole rings is 1. The Morgan fingerprint density at radius 2 is 1.64 bits per heavy atom. The van der Waals surface area contributed by atoms with Crippen LogP contribution in [0, 0.1) is 0 Å². The SMILES string of the molecule is CCN1CCC(Nc2c(Cl)cnc3[nH]c(-c4ccc(N5CCN(CC)CC5)cc4)nc23)CC1. The lowest BCUT2D eigenvalue weighted by molar-refractivity contribution is 0.229. The number of pyridine rings is 1.